The van der Waals surface area contributed by atoms with Gasteiger partial charge in [-0.05, 0) is 43.9 Å². The lowest BCUT2D eigenvalue weighted by Gasteiger charge is -2.25. The van der Waals surface area contributed by atoms with Crippen LogP contribution in [0.4, 0.5) is 5.69 Å². The number of phenols is 1. The molecule has 0 aliphatic carbocycles. The molecule has 25 heavy (non-hydrogen) atoms. The van der Waals surface area contributed by atoms with E-state index in [-0.39, 0.29) is 17.5 Å². The lowest BCUT2D eigenvalue weighted by molar-refractivity contribution is -0.385. The molecule has 0 aliphatic heterocycles. The second-order valence-corrected chi connectivity index (χ2v) is 6.02. The molecule has 2 aromatic carbocycles. The van der Waals surface area contributed by atoms with Crippen molar-refractivity contribution >= 4 is 16.6 Å². The Hall–Kier alpha value is -3.06. The highest BCUT2D eigenvalue weighted by Crippen LogP contribution is 2.38. The molecule has 0 bridgehead atoms. The minimum atomic E-state index is -0.464. The van der Waals surface area contributed by atoms with Crippen LogP contribution < -0.4 is 4.74 Å². The van der Waals surface area contributed by atoms with Crippen molar-refractivity contribution in [3.63, 3.8) is 0 Å². The molecular formula is C18H19N3O4. The van der Waals surface area contributed by atoms with Gasteiger partial charge in [0.2, 0.25) is 0 Å². The molecule has 3 rings (SSSR count). The molecule has 0 saturated heterocycles. The molecule has 0 spiro atoms. The van der Waals surface area contributed by atoms with E-state index >= 15 is 0 Å². The molecule has 7 heteroatoms. The van der Waals surface area contributed by atoms with Crippen LogP contribution in [0.15, 0.2) is 42.6 Å². The van der Waals surface area contributed by atoms with E-state index in [1.165, 1.54) is 18.2 Å². The molecule has 1 aromatic heterocycles. The molecule has 2 N–H and O–H groups in total. The van der Waals surface area contributed by atoms with Crippen molar-refractivity contribution in [1.29, 1.82) is 0 Å². The molecule has 0 amide bonds. The van der Waals surface area contributed by atoms with E-state index < -0.39 is 4.92 Å². The number of nitro benzene ring substituents is 1. The molecule has 0 fully saturated rings. The Balaban J connectivity index is 2.21. The van der Waals surface area contributed by atoms with Crippen LogP contribution in [0.1, 0.15) is 17.2 Å². The zero-order valence-corrected chi connectivity index (χ0v) is 14.2. The maximum absolute atomic E-state index is 11.1. The van der Waals surface area contributed by atoms with Crippen LogP contribution in [0.5, 0.6) is 11.5 Å². The number of aromatic nitrogens is 1. The van der Waals surface area contributed by atoms with Gasteiger partial charge in [0.15, 0.2) is 0 Å². The lowest BCUT2D eigenvalue weighted by atomic mass is 9.96. The molecule has 0 radical (unpaired) electrons. The third kappa shape index (κ3) is 3.01. The third-order valence-corrected chi connectivity index (χ3v) is 4.25. The fraction of sp³-hybridized carbons (Fsp3) is 0.222. The first-order chi connectivity index (χ1) is 11.9. The highest BCUT2D eigenvalue weighted by Gasteiger charge is 2.25. The Morgan fingerprint density at radius 3 is 2.60 bits per heavy atom. The second kappa shape index (κ2) is 6.45. The van der Waals surface area contributed by atoms with Crippen molar-refractivity contribution in [2.45, 2.75) is 6.04 Å². The normalized spacial score (nSPS) is 12.5. The summed E-state index contributed by atoms with van der Waals surface area (Å²) in [6.45, 7) is 0. The number of methoxy groups -OCH3 is 1. The largest absolute Gasteiger partial charge is 0.508 e. The van der Waals surface area contributed by atoms with E-state index in [1.807, 2.05) is 43.4 Å². The van der Waals surface area contributed by atoms with E-state index in [1.54, 1.807) is 7.11 Å². The number of fused-ring (bicyclic) bond motifs is 1. The maximum Gasteiger partial charge on any atom is 0.270 e. The van der Waals surface area contributed by atoms with Crippen molar-refractivity contribution in [2.24, 2.45) is 0 Å². The van der Waals surface area contributed by atoms with Gasteiger partial charge in [0, 0.05) is 34.8 Å². The first-order valence-electron chi connectivity index (χ1n) is 7.71. The minimum Gasteiger partial charge on any atom is -0.508 e. The van der Waals surface area contributed by atoms with Crippen molar-refractivity contribution in [1.82, 2.24) is 9.88 Å². The zero-order chi connectivity index (χ0) is 18.1. The van der Waals surface area contributed by atoms with Crippen LogP contribution in [0, 0.1) is 10.1 Å². The van der Waals surface area contributed by atoms with E-state index in [2.05, 4.69) is 4.98 Å². The zero-order valence-electron chi connectivity index (χ0n) is 14.2. The molecule has 1 atom stereocenters. The number of rotatable bonds is 5. The summed E-state index contributed by atoms with van der Waals surface area (Å²) < 4.78 is 5.30. The highest BCUT2D eigenvalue weighted by molar-refractivity contribution is 5.85. The summed E-state index contributed by atoms with van der Waals surface area (Å²) in [4.78, 5) is 15.8. The van der Waals surface area contributed by atoms with E-state index in [4.69, 9.17) is 4.74 Å². The van der Waals surface area contributed by atoms with Gasteiger partial charge in [0.05, 0.1) is 18.1 Å². The van der Waals surface area contributed by atoms with Gasteiger partial charge in [-0.15, -0.1) is 0 Å². The summed E-state index contributed by atoms with van der Waals surface area (Å²) in [5.74, 6) is 0.732. The van der Waals surface area contributed by atoms with Gasteiger partial charge >= 0.3 is 0 Å². The molecule has 0 saturated carbocycles. The monoisotopic (exact) mass is 341 g/mol. The minimum absolute atomic E-state index is 0.0153. The number of non-ortho nitro benzene ring substituents is 1. The Labute approximate surface area is 144 Å². The molecule has 0 aliphatic rings. The Morgan fingerprint density at radius 1 is 1.20 bits per heavy atom. The predicted octanol–water partition coefficient (Wildman–Crippen LogP) is 3.44. The van der Waals surface area contributed by atoms with Gasteiger partial charge in [-0.3, -0.25) is 15.0 Å². The van der Waals surface area contributed by atoms with Crippen molar-refractivity contribution in [3.8, 4) is 11.5 Å². The van der Waals surface area contributed by atoms with Gasteiger partial charge in [0.25, 0.3) is 5.69 Å². The van der Waals surface area contributed by atoms with Crippen molar-refractivity contribution in [3.05, 3.63) is 63.8 Å². The third-order valence-electron chi connectivity index (χ3n) is 4.25. The molecular weight excluding hydrogens is 322 g/mol. The highest BCUT2D eigenvalue weighted by atomic mass is 16.6. The summed E-state index contributed by atoms with van der Waals surface area (Å²) in [7, 11) is 5.33. The van der Waals surface area contributed by atoms with Crippen LogP contribution in [-0.4, -0.2) is 41.1 Å². The second-order valence-electron chi connectivity index (χ2n) is 6.02. The molecule has 7 nitrogen and oxygen atoms in total. The maximum atomic E-state index is 11.1. The number of benzene rings is 2. The number of aromatic amines is 1. The van der Waals surface area contributed by atoms with E-state index in [9.17, 15) is 15.2 Å². The van der Waals surface area contributed by atoms with Gasteiger partial charge in [-0.2, -0.15) is 0 Å². The quantitative estimate of drug-likeness (QED) is 0.548. The number of H-pyrrole nitrogens is 1. The SMILES string of the molecule is COc1ccc2[nH]cc(C(c3cc([N+](=O)[O-])ccc3O)N(C)C)c2c1. The van der Waals surface area contributed by atoms with Crippen LogP contribution in [0.2, 0.25) is 0 Å². The average molecular weight is 341 g/mol. The molecule has 130 valence electrons. The summed E-state index contributed by atoms with van der Waals surface area (Å²) in [6, 6.07) is 9.39. The molecule has 1 unspecified atom stereocenters. The lowest BCUT2D eigenvalue weighted by Crippen LogP contribution is -2.21. The van der Waals surface area contributed by atoms with Gasteiger partial charge in [-0.25, -0.2) is 0 Å². The number of aromatic hydroxyl groups is 1. The van der Waals surface area contributed by atoms with Gasteiger partial charge in [0.1, 0.15) is 11.5 Å². The number of hydrogen-bond acceptors (Lipinski definition) is 5. The number of phenolic OH excluding ortho intramolecular Hbond substituents is 1. The van der Waals surface area contributed by atoms with Crippen LogP contribution >= 0.6 is 0 Å². The van der Waals surface area contributed by atoms with Crippen molar-refractivity contribution in [2.75, 3.05) is 21.2 Å². The van der Waals surface area contributed by atoms with Crippen LogP contribution in [0.25, 0.3) is 10.9 Å². The van der Waals surface area contributed by atoms with Crippen molar-refractivity contribution < 1.29 is 14.8 Å². The topological polar surface area (TPSA) is 91.6 Å². The molecule has 1 heterocycles. The summed E-state index contributed by atoms with van der Waals surface area (Å²) in [5.41, 5.74) is 2.24. The average Bonchev–Trinajstić information content (AvgIpc) is 2.99. The summed E-state index contributed by atoms with van der Waals surface area (Å²) >= 11 is 0. The van der Waals surface area contributed by atoms with E-state index in [0.29, 0.717) is 11.3 Å². The Kier molecular flexibility index (Phi) is 4.33. The Bertz CT molecular complexity index is 933. The number of nitrogens with zero attached hydrogens (tertiary/aromatic N) is 2. The summed E-state index contributed by atoms with van der Waals surface area (Å²) in [6.07, 6.45) is 1.85. The van der Waals surface area contributed by atoms with Crippen LogP contribution in [-0.2, 0) is 0 Å². The van der Waals surface area contributed by atoms with Crippen LogP contribution in [0.3, 0.4) is 0 Å². The Morgan fingerprint density at radius 2 is 1.96 bits per heavy atom. The van der Waals surface area contributed by atoms with E-state index in [0.717, 1.165) is 16.5 Å². The number of nitrogens with one attached hydrogen (secondary N) is 1. The number of ether oxygens (including phenoxy) is 1. The fourth-order valence-corrected chi connectivity index (χ4v) is 3.07. The molecule has 3 aromatic rings. The standard InChI is InChI=1S/C18H19N3O4/c1-20(2)18(14-8-11(21(23)24)4-7-17(14)22)15-10-19-16-6-5-12(25-3)9-13(15)16/h4-10,18-19,22H,1-3H3. The summed E-state index contributed by atoms with van der Waals surface area (Å²) in [5, 5.41) is 22.4. The number of nitro groups is 1. The first kappa shape index (κ1) is 16.8. The fourth-order valence-electron chi connectivity index (χ4n) is 3.07. The predicted molar refractivity (Wildman–Crippen MR) is 95.1 cm³/mol. The van der Waals surface area contributed by atoms with Gasteiger partial charge in [-0.1, -0.05) is 0 Å². The number of hydrogen-bond donors (Lipinski definition) is 2. The van der Waals surface area contributed by atoms with Gasteiger partial charge < -0.3 is 14.8 Å². The smallest absolute Gasteiger partial charge is 0.270 e. The first-order valence-corrected chi connectivity index (χ1v) is 7.71.